The summed E-state index contributed by atoms with van der Waals surface area (Å²) in [4.78, 5) is 33.7. The van der Waals surface area contributed by atoms with Gasteiger partial charge in [-0.3, -0.25) is 4.79 Å². The van der Waals surface area contributed by atoms with Gasteiger partial charge in [0.1, 0.15) is 17.9 Å². The number of rotatable bonds is 4. The number of hydrogen-bond acceptors (Lipinski definition) is 4. The van der Waals surface area contributed by atoms with Crippen molar-refractivity contribution in [2.75, 3.05) is 5.32 Å². The maximum atomic E-state index is 11.7. The van der Waals surface area contributed by atoms with E-state index < -0.39 is 17.7 Å². The molecule has 0 fully saturated rings. The fourth-order valence-corrected chi connectivity index (χ4v) is 1.61. The Morgan fingerprint density at radius 3 is 2.19 bits per heavy atom. The molecule has 1 rings (SSSR count). The lowest BCUT2D eigenvalue weighted by molar-refractivity contribution is -0.114. The van der Waals surface area contributed by atoms with Gasteiger partial charge >= 0.3 is 6.09 Å². The first-order chi connectivity index (χ1) is 9.71. The number of anilines is 1. The van der Waals surface area contributed by atoms with E-state index in [4.69, 9.17) is 4.74 Å². The van der Waals surface area contributed by atoms with Gasteiger partial charge in [-0.1, -0.05) is 12.1 Å². The molecule has 6 heteroatoms. The van der Waals surface area contributed by atoms with Crippen molar-refractivity contribution in [3.63, 3.8) is 0 Å². The Balaban J connectivity index is 2.74. The fraction of sp³-hybridized carbons (Fsp3) is 0.400. The SMILES string of the molecule is CC(=O)Nc1ccc(C(C=O)NC(=O)OC(C)(C)C)cc1. The molecule has 0 aliphatic carbocycles. The maximum Gasteiger partial charge on any atom is 0.408 e. The fourth-order valence-electron chi connectivity index (χ4n) is 1.61. The number of carbonyl (C=O) groups is 3. The van der Waals surface area contributed by atoms with E-state index in [0.717, 1.165) is 0 Å². The Kier molecular flexibility index (Phi) is 5.46. The molecule has 0 radical (unpaired) electrons. The number of hydrogen-bond donors (Lipinski definition) is 2. The summed E-state index contributed by atoms with van der Waals surface area (Å²) < 4.78 is 5.10. The molecule has 0 heterocycles. The summed E-state index contributed by atoms with van der Waals surface area (Å²) in [5, 5.41) is 5.10. The van der Waals surface area contributed by atoms with Crippen LogP contribution in [0, 0.1) is 0 Å². The van der Waals surface area contributed by atoms with Crippen LogP contribution in [-0.2, 0) is 14.3 Å². The molecule has 1 aromatic carbocycles. The number of nitrogens with one attached hydrogen (secondary N) is 2. The zero-order chi connectivity index (χ0) is 16.0. The zero-order valence-electron chi connectivity index (χ0n) is 12.6. The minimum atomic E-state index is -0.800. The first kappa shape index (κ1) is 16.7. The predicted octanol–water partition coefficient (Wildman–Crippen LogP) is 2.41. The smallest absolute Gasteiger partial charge is 0.408 e. The Labute approximate surface area is 123 Å². The van der Waals surface area contributed by atoms with E-state index in [1.807, 2.05) is 0 Å². The van der Waals surface area contributed by atoms with Crippen molar-refractivity contribution in [1.82, 2.24) is 5.32 Å². The monoisotopic (exact) mass is 292 g/mol. The van der Waals surface area contributed by atoms with E-state index in [9.17, 15) is 14.4 Å². The van der Waals surface area contributed by atoms with Crippen LogP contribution in [0.5, 0.6) is 0 Å². The molecule has 21 heavy (non-hydrogen) atoms. The highest BCUT2D eigenvalue weighted by Crippen LogP contribution is 2.16. The maximum absolute atomic E-state index is 11.7. The average Bonchev–Trinajstić information content (AvgIpc) is 2.34. The molecule has 0 saturated heterocycles. The van der Waals surface area contributed by atoms with E-state index in [2.05, 4.69) is 10.6 Å². The summed E-state index contributed by atoms with van der Waals surface area (Å²) >= 11 is 0. The van der Waals surface area contributed by atoms with Gasteiger partial charge in [0.2, 0.25) is 5.91 Å². The van der Waals surface area contributed by atoms with E-state index in [1.165, 1.54) is 6.92 Å². The van der Waals surface area contributed by atoms with Crippen LogP contribution in [0.3, 0.4) is 0 Å². The van der Waals surface area contributed by atoms with Gasteiger partial charge in [-0.15, -0.1) is 0 Å². The van der Waals surface area contributed by atoms with Crippen molar-refractivity contribution >= 4 is 24.0 Å². The third-order valence-corrected chi connectivity index (χ3v) is 2.40. The Morgan fingerprint density at radius 2 is 1.76 bits per heavy atom. The molecule has 114 valence electrons. The number of amides is 2. The number of carbonyl (C=O) groups excluding carboxylic acids is 3. The summed E-state index contributed by atoms with van der Waals surface area (Å²) in [5.41, 5.74) is 0.588. The van der Waals surface area contributed by atoms with Gasteiger partial charge in [-0.25, -0.2) is 4.79 Å². The van der Waals surface area contributed by atoms with Crippen molar-refractivity contribution in [2.45, 2.75) is 39.3 Å². The molecule has 1 aromatic rings. The normalized spacial score (nSPS) is 12.2. The summed E-state index contributed by atoms with van der Waals surface area (Å²) in [6.07, 6.45) is -0.0392. The molecule has 0 aliphatic rings. The number of benzene rings is 1. The van der Waals surface area contributed by atoms with Gasteiger partial charge in [0.15, 0.2) is 0 Å². The molecule has 0 bridgehead atoms. The number of ether oxygens (including phenoxy) is 1. The summed E-state index contributed by atoms with van der Waals surface area (Å²) in [6, 6.07) is 5.82. The molecule has 2 N–H and O–H groups in total. The van der Waals surface area contributed by atoms with E-state index in [-0.39, 0.29) is 5.91 Å². The standard InChI is InChI=1S/C15H20N2O4/c1-10(19)16-12-7-5-11(6-8-12)13(9-18)17-14(20)21-15(2,3)4/h5-9,13H,1-4H3,(H,16,19)(H,17,20). The lowest BCUT2D eigenvalue weighted by Gasteiger charge is -2.21. The van der Waals surface area contributed by atoms with Gasteiger partial charge < -0.3 is 20.2 Å². The van der Waals surface area contributed by atoms with Crippen LogP contribution < -0.4 is 10.6 Å². The second-order valence-electron chi connectivity index (χ2n) is 5.56. The van der Waals surface area contributed by atoms with Crippen molar-refractivity contribution in [1.29, 1.82) is 0 Å². The minimum Gasteiger partial charge on any atom is -0.444 e. The van der Waals surface area contributed by atoms with Crippen LogP contribution in [0.25, 0.3) is 0 Å². The number of alkyl carbamates (subject to hydrolysis) is 1. The van der Waals surface area contributed by atoms with Gasteiger partial charge in [0.05, 0.1) is 0 Å². The van der Waals surface area contributed by atoms with Crippen LogP contribution in [-0.4, -0.2) is 23.9 Å². The molecule has 2 amide bonds. The molecular weight excluding hydrogens is 272 g/mol. The second kappa shape index (κ2) is 6.88. The van der Waals surface area contributed by atoms with Crippen molar-refractivity contribution in [3.05, 3.63) is 29.8 Å². The third-order valence-electron chi connectivity index (χ3n) is 2.40. The molecule has 6 nitrogen and oxygen atoms in total. The molecule has 0 saturated carbocycles. The molecule has 1 atom stereocenters. The Bertz CT molecular complexity index is 517. The van der Waals surface area contributed by atoms with E-state index >= 15 is 0 Å². The highest BCUT2D eigenvalue weighted by molar-refractivity contribution is 5.88. The van der Waals surface area contributed by atoms with Crippen LogP contribution in [0.1, 0.15) is 39.3 Å². The molecular formula is C15H20N2O4. The molecule has 0 spiro atoms. The minimum absolute atomic E-state index is 0.179. The highest BCUT2D eigenvalue weighted by Gasteiger charge is 2.20. The van der Waals surface area contributed by atoms with Gasteiger partial charge in [-0.05, 0) is 38.5 Å². The first-order valence-corrected chi connectivity index (χ1v) is 6.53. The van der Waals surface area contributed by atoms with Gasteiger partial charge in [0.25, 0.3) is 0 Å². The zero-order valence-corrected chi connectivity index (χ0v) is 12.6. The van der Waals surface area contributed by atoms with Gasteiger partial charge in [0, 0.05) is 12.6 Å². The van der Waals surface area contributed by atoms with Crippen LogP contribution in [0.4, 0.5) is 10.5 Å². The second-order valence-corrected chi connectivity index (χ2v) is 5.56. The molecule has 0 aliphatic heterocycles. The molecule has 0 aromatic heterocycles. The average molecular weight is 292 g/mol. The third kappa shape index (κ3) is 6.07. The van der Waals surface area contributed by atoms with Crippen molar-refractivity contribution in [3.8, 4) is 0 Å². The largest absolute Gasteiger partial charge is 0.444 e. The molecule has 1 unspecified atom stereocenters. The topological polar surface area (TPSA) is 84.5 Å². The summed E-state index contributed by atoms with van der Waals surface area (Å²) in [7, 11) is 0. The van der Waals surface area contributed by atoms with Crippen LogP contribution in [0.15, 0.2) is 24.3 Å². The van der Waals surface area contributed by atoms with Gasteiger partial charge in [-0.2, -0.15) is 0 Å². The van der Waals surface area contributed by atoms with Crippen molar-refractivity contribution < 1.29 is 19.1 Å². The number of aldehydes is 1. The summed E-state index contributed by atoms with van der Waals surface area (Å²) in [5.74, 6) is -0.179. The quantitative estimate of drug-likeness (QED) is 0.835. The Morgan fingerprint density at radius 1 is 1.19 bits per heavy atom. The Hall–Kier alpha value is -2.37. The lowest BCUT2D eigenvalue weighted by atomic mass is 10.1. The lowest BCUT2D eigenvalue weighted by Crippen LogP contribution is -2.35. The highest BCUT2D eigenvalue weighted by atomic mass is 16.6. The van der Waals surface area contributed by atoms with Crippen molar-refractivity contribution in [2.24, 2.45) is 0 Å². The van der Waals surface area contributed by atoms with Crippen LogP contribution in [0.2, 0.25) is 0 Å². The van der Waals surface area contributed by atoms with E-state index in [0.29, 0.717) is 17.5 Å². The van der Waals surface area contributed by atoms with Crippen LogP contribution >= 0.6 is 0 Å². The first-order valence-electron chi connectivity index (χ1n) is 6.53. The van der Waals surface area contributed by atoms with E-state index in [1.54, 1.807) is 45.0 Å². The summed E-state index contributed by atoms with van der Waals surface area (Å²) in [6.45, 7) is 6.63. The predicted molar refractivity (Wildman–Crippen MR) is 78.9 cm³/mol.